The van der Waals surface area contributed by atoms with E-state index in [2.05, 4.69) is 0 Å². The van der Waals surface area contributed by atoms with E-state index in [0.717, 1.165) is 12.0 Å². The van der Waals surface area contributed by atoms with Crippen molar-refractivity contribution in [1.82, 2.24) is 4.90 Å². The fraction of sp³-hybridized carbons (Fsp3) is 0.435. The molecule has 6 nitrogen and oxygen atoms in total. The molecule has 0 spiro atoms. The summed E-state index contributed by atoms with van der Waals surface area (Å²) in [4.78, 5) is 14.4. The number of carbonyl (C=O) groups excluding carboxylic acids is 1. The molecule has 0 radical (unpaired) electrons. The Hall–Kier alpha value is -2.25. The molecule has 2 aromatic carbocycles. The number of hydrogen-bond acceptors (Lipinski definition) is 5. The van der Waals surface area contributed by atoms with Gasteiger partial charge in [0.25, 0.3) is 5.91 Å². The Labute approximate surface area is 188 Å². The molecule has 31 heavy (non-hydrogen) atoms. The van der Waals surface area contributed by atoms with Gasteiger partial charge in [0, 0.05) is 30.1 Å². The minimum absolute atomic E-state index is 0.104. The molecule has 4 rings (SSSR count). The SMILES string of the molecule is CC1(C)Cc2cccc(OCC(=O)N3CCC(c4ccccc4Cl)S(=O)(=O)CC3)c2O1. The van der Waals surface area contributed by atoms with E-state index in [0.29, 0.717) is 35.1 Å². The first-order valence-electron chi connectivity index (χ1n) is 10.3. The highest BCUT2D eigenvalue weighted by molar-refractivity contribution is 7.91. The molecule has 2 aromatic rings. The van der Waals surface area contributed by atoms with Crippen molar-refractivity contribution >= 4 is 27.3 Å². The summed E-state index contributed by atoms with van der Waals surface area (Å²) < 4.78 is 37.5. The van der Waals surface area contributed by atoms with E-state index in [1.807, 2.05) is 26.0 Å². The molecule has 0 bridgehead atoms. The molecule has 0 saturated carbocycles. The number of fused-ring (bicyclic) bond motifs is 1. The minimum atomic E-state index is -3.43. The summed E-state index contributed by atoms with van der Waals surface area (Å²) in [6.07, 6.45) is 1.08. The van der Waals surface area contributed by atoms with Crippen molar-refractivity contribution in [2.45, 2.75) is 37.5 Å². The van der Waals surface area contributed by atoms with E-state index in [1.54, 1.807) is 35.2 Å². The molecule has 0 N–H and O–H groups in total. The summed E-state index contributed by atoms with van der Waals surface area (Å²) in [5.41, 5.74) is 1.34. The van der Waals surface area contributed by atoms with E-state index in [-0.39, 0.29) is 30.4 Å². The number of hydrogen-bond donors (Lipinski definition) is 0. The quantitative estimate of drug-likeness (QED) is 0.689. The zero-order valence-electron chi connectivity index (χ0n) is 17.6. The second-order valence-corrected chi connectivity index (χ2v) is 11.3. The molecular weight excluding hydrogens is 438 g/mol. The highest BCUT2D eigenvalue weighted by Crippen LogP contribution is 2.41. The van der Waals surface area contributed by atoms with Crippen LogP contribution < -0.4 is 9.47 Å². The highest BCUT2D eigenvalue weighted by atomic mass is 35.5. The van der Waals surface area contributed by atoms with Gasteiger partial charge < -0.3 is 14.4 Å². The maximum atomic E-state index is 12.8. The van der Waals surface area contributed by atoms with Gasteiger partial charge in [-0.3, -0.25) is 4.79 Å². The Morgan fingerprint density at radius 1 is 1.19 bits per heavy atom. The van der Waals surface area contributed by atoms with Gasteiger partial charge in [-0.05, 0) is 38.0 Å². The van der Waals surface area contributed by atoms with Gasteiger partial charge in [0.1, 0.15) is 5.60 Å². The normalized spacial score (nSPS) is 21.6. The molecule has 166 valence electrons. The number of benzene rings is 2. The first kappa shape index (κ1) is 22.0. The lowest BCUT2D eigenvalue weighted by atomic mass is 10.0. The first-order valence-corrected chi connectivity index (χ1v) is 12.4. The van der Waals surface area contributed by atoms with Gasteiger partial charge in [-0.1, -0.05) is 41.9 Å². The molecule has 1 unspecified atom stereocenters. The van der Waals surface area contributed by atoms with Crippen molar-refractivity contribution in [3.63, 3.8) is 0 Å². The van der Waals surface area contributed by atoms with Crippen LogP contribution in [0.4, 0.5) is 0 Å². The maximum Gasteiger partial charge on any atom is 0.260 e. The average Bonchev–Trinajstić information content (AvgIpc) is 2.94. The largest absolute Gasteiger partial charge is 0.483 e. The summed E-state index contributed by atoms with van der Waals surface area (Å²) in [5, 5.41) is -0.284. The first-order chi connectivity index (χ1) is 14.7. The number of sulfone groups is 1. The third-order valence-corrected chi connectivity index (χ3v) is 8.20. The van der Waals surface area contributed by atoms with Crippen molar-refractivity contribution in [1.29, 1.82) is 0 Å². The van der Waals surface area contributed by atoms with Gasteiger partial charge in [0.15, 0.2) is 27.9 Å². The Morgan fingerprint density at radius 3 is 2.74 bits per heavy atom. The van der Waals surface area contributed by atoms with Crippen LogP contribution in [-0.2, 0) is 21.1 Å². The number of nitrogens with zero attached hydrogens (tertiary/aromatic N) is 1. The van der Waals surface area contributed by atoms with Crippen LogP contribution in [-0.4, -0.2) is 50.3 Å². The van der Waals surface area contributed by atoms with Gasteiger partial charge in [0.05, 0.1) is 11.0 Å². The standard InChI is InChI=1S/C23H26ClNO5S/c1-23(2)14-16-6-5-9-19(22(16)30-23)29-15-21(26)25-11-10-20(31(27,28)13-12-25)17-7-3-4-8-18(17)24/h3-9,20H,10-15H2,1-2H3. The monoisotopic (exact) mass is 463 g/mol. The summed E-state index contributed by atoms with van der Waals surface area (Å²) in [6.45, 7) is 4.32. The number of ether oxygens (including phenoxy) is 2. The van der Waals surface area contributed by atoms with E-state index >= 15 is 0 Å². The molecule has 1 fully saturated rings. The number of amides is 1. The van der Waals surface area contributed by atoms with E-state index in [1.165, 1.54) is 0 Å². The predicted molar refractivity (Wildman–Crippen MR) is 120 cm³/mol. The summed E-state index contributed by atoms with van der Waals surface area (Å²) in [7, 11) is -3.43. The summed E-state index contributed by atoms with van der Waals surface area (Å²) in [5.74, 6) is 0.863. The molecular formula is C23H26ClNO5S. The Balaban J connectivity index is 1.43. The molecule has 0 aromatic heterocycles. The van der Waals surface area contributed by atoms with Crippen molar-refractivity contribution < 1.29 is 22.7 Å². The summed E-state index contributed by atoms with van der Waals surface area (Å²) in [6, 6.07) is 12.6. The van der Waals surface area contributed by atoms with Crippen molar-refractivity contribution in [2.24, 2.45) is 0 Å². The second kappa shape index (κ2) is 8.36. The molecule has 8 heteroatoms. The van der Waals surface area contributed by atoms with Crippen LogP contribution in [0.3, 0.4) is 0 Å². The van der Waals surface area contributed by atoms with E-state index in [4.69, 9.17) is 21.1 Å². The zero-order valence-corrected chi connectivity index (χ0v) is 19.2. The number of halogens is 1. The smallest absolute Gasteiger partial charge is 0.260 e. The van der Waals surface area contributed by atoms with Crippen molar-refractivity contribution in [3.8, 4) is 11.5 Å². The minimum Gasteiger partial charge on any atom is -0.483 e. The van der Waals surface area contributed by atoms with Crippen LogP contribution in [0.5, 0.6) is 11.5 Å². The molecule has 1 amide bonds. The molecule has 0 aliphatic carbocycles. The molecule has 2 aliphatic rings. The van der Waals surface area contributed by atoms with Gasteiger partial charge >= 0.3 is 0 Å². The maximum absolute atomic E-state index is 12.8. The Morgan fingerprint density at radius 2 is 1.97 bits per heavy atom. The fourth-order valence-electron chi connectivity index (χ4n) is 4.21. The van der Waals surface area contributed by atoms with E-state index in [9.17, 15) is 13.2 Å². The predicted octanol–water partition coefficient (Wildman–Crippen LogP) is 3.82. The molecule has 1 atom stereocenters. The van der Waals surface area contributed by atoms with Crippen LogP contribution in [0.1, 0.15) is 36.6 Å². The average molecular weight is 464 g/mol. The third-order valence-electron chi connectivity index (χ3n) is 5.75. The molecule has 2 aliphatic heterocycles. The van der Waals surface area contributed by atoms with Crippen LogP contribution in [0.25, 0.3) is 0 Å². The van der Waals surface area contributed by atoms with Gasteiger partial charge in [-0.15, -0.1) is 0 Å². The van der Waals surface area contributed by atoms with Gasteiger partial charge in [-0.2, -0.15) is 0 Å². The van der Waals surface area contributed by atoms with Crippen molar-refractivity contribution in [3.05, 3.63) is 58.6 Å². The number of para-hydroxylation sites is 1. The van der Waals surface area contributed by atoms with Crippen molar-refractivity contribution in [2.75, 3.05) is 25.4 Å². The topological polar surface area (TPSA) is 72.9 Å². The van der Waals surface area contributed by atoms with Crippen LogP contribution in [0, 0.1) is 0 Å². The lowest BCUT2D eigenvalue weighted by Crippen LogP contribution is -2.37. The Kier molecular flexibility index (Phi) is 5.92. The lowest BCUT2D eigenvalue weighted by molar-refractivity contribution is -0.133. The fourth-order valence-corrected chi connectivity index (χ4v) is 6.36. The Bertz CT molecular complexity index is 1100. The second-order valence-electron chi connectivity index (χ2n) is 8.62. The zero-order chi connectivity index (χ0) is 22.2. The third kappa shape index (κ3) is 4.67. The van der Waals surface area contributed by atoms with Gasteiger partial charge in [-0.25, -0.2) is 8.42 Å². The molecule has 2 heterocycles. The number of rotatable bonds is 4. The summed E-state index contributed by atoms with van der Waals surface area (Å²) >= 11 is 6.24. The van der Waals surface area contributed by atoms with Crippen LogP contribution in [0.2, 0.25) is 5.02 Å². The number of carbonyl (C=O) groups is 1. The molecule has 1 saturated heterocycles. The van der Waals surface area contributed by atoms with E-state index < -0.39 is 15.1 Å². The van der Waals surface area contributed by atoms with Crippen LogP contribution >= 0.6 is 11.6 Å². The lowest BCUT2D eigenvalue weighted by Gasteiger charge is -2.21. The highest BCUT2D eigenvalue weighted by Gasteiger charge is 2.35. The van der Waals surface area contributed by atoms with Gasteiger partial charge in [0.2, 0.25) is 0 Å². The van der Waals surface area contributed by atoms with Crippen LogP contribution in [0.15, 0.2) is 42.5 Å².